The Morgan fingerprint density at radius 2 is 1.76 bits per heavy atom. The number of halogens is 2. The van der Waals surface area contributed by atoms with Gasteiger partial charge in [-0.1, -0.05) is 47.5 Å². The van der Waals surface area contributed by atoms with Gasteiger partial charge < -0.3 is 4.74 Å². The molecule has 0 aliphatic carbocycles. The smallest absolute Gasteiger partial charge is 0.122 e. The van der Waals surface area contributed by atoms with Gasteiger partial charge in [0.05, 0.1) is 7.11 Å². The van der Waals surface area contributed by atoms with Gasteiger partial charge in [0.1, 0.15) is 5.75 Å². The molecule has 21 heavy (non-hydrogen) atoms. The van der Waals surface area contributed by atoms with Crippen LogP contribution in [-0.4, -0.2) is 13.0 Å². The van der Waals surface area contributed by atoms with E-state index < -0.39 is 0 Å². The zero-order chi connectivity index (χ0) is 15.2. The van der Waals surface area contributed by atoms with Crippen molar-refractivity contribution in [2.24, 2.45) is 5.92 Å². The SMILES string of the molecule is COc1ccc(C)cc1CC(CCl)Cc1ccccc1Cl. The van der Waals surface area contributed by atoms with Gasteiger partial charge in [-0.15, -0.1) is 11.6 Å². The average Bonchev–Trinajstić information content (AvgIpc) is 2.49. The van der Waals surface area contributed by atoms with E-state index in [0.29, 0.717) is 11.8 Å². The third-order valence-electron chi connectivity index (χ3n) is 3.63. The van der Waals surface area contributed by atoms with Crippen LogP contribution in [0, 0.1) is 12.8 Å². The van der Waals surface area contributed by atoms with Crippen molar-refractivity contribution in [1.29, 1.82) is 0 Å². The number of benzene rings is 2. The molecule has 0 radical (unpaired) electrons. The van der Waals surface area contributed by atoms with Crippen molar-refractivity contribution in [3.8, 4) is 5.75 Å². The molecule has 0 amide bonds. The number of alkyl halides is 1. The van der Waals surface area contributed by atoms with E-state index in [1.54, 1.807) is 7.11 Å². The molecule has 3 heteroatoms. The van der Waals surface area contributed by atoms with E-state index in [2.05, 4.69) is 25.1 Å². The minimum Gasteiger partial charge on any atom is -0.496 e. The first-order chi connectivity index (χ1) is 10.1. The van der Waals surface area contributed by atoms with Gasteiger partial charge >= 0.3 is 0 Å². The van der Waals surface area contributed by atoms with Crippen LogP contribution in [-0.2, 0) is 12.8 Å². The summed E-state index contributed by atoms with van der Waals surface area (Å²) < 4.78 is 5.45. The second-order valence-electron chi connectivity index (χ2n) is 5.34. The van der Waals surface area contributed by atoms with Gasteiger partial charge in [0.25, 0.3) is 0 Å². The highest BCUT2D eigenvalue weighted by Crippen LogP contribution is 2.26. The molecule has 0 heterocycles. The second-order valence-corrected chi connectivity index (χ2v) is 6.05. The molecule has 0 aliphatic rings. The van der Waals surface area contributed by atoms with Gasteiger partial charge in [-0.3, -0.25) is 0 Å². The van der Waals surface area contributed by atoms with Gasteiger partial charge in [0, 0.05) is 10.9 Å². The molecular weight excluding hydrogens is 303 g/mol. The summed E-state index contributed by atoms with van der Waals surface area (Å²) in [5.74, 6) is 1.86. The molecular formula is C18H20Cl2O. The fourth-order valence-electron chi connectivity index (χ4n) is 2.53. The maximum atomic E-state index is 6.24. The lowest BCUT2D eigenvalue weighted by atomic mass is 9.93. The summed E-state index contributed by atoms with van der Waals surface area (Å²) >= 11 is 12.4. The van der Waals surface area contributed by atoms with Crippen LogP contribution >= 0.6 is 23.2 Å². The van der Waals surface area contributed by atoms with Crippen molar-refractivity contribution in [3.63, 3.8) is 0 Å². The molecule has 0 fully saturated rings. The van der Waals surface area contributed by atoms with Crippen molar-refractivity contribution in [2.45, 2.75) is 19.8 Å². The largest absolute Gasteiger partial charge is 0.496 e. The molecule has 2 aromatic rings. The third-order valence-corrected chi connectivity index (χ3v) is 4.43. The Balaban J connectivity index is 2.16. The Morgan fingerprint density at radius 1 is 1.05 bits per heavy atom. The number of rotatable bonds is 6. The highest BCUT2D eigenvalue weighted by atomic mass is 35.5. The van der Waals surface area contributed by atoms with Crippen molar-refractivity contribution in [3.05, 3.63) is 64.2 Å². The highest BCUT2D eigenvalue weighted by molar-refractivity contribution is 6.31. The summed E-state index contributed by atoms with van der Waals surface area (Å²) in [6.45, 7) is 2.09. The van der Waals surface area contributed by atoms with Gasteiger partial charge in [-0.2, -0.15) is 0 Å². The minimum atomic E-state index is 0.335. The molecule has 0 saturated heterocycles. The Bertz CT molecular complexity index is 596. The third kappa shape index (κ3) is 4.39. The zero-order valence-corrected chi connectivity index (χ0v) is 13.9. The summed E-state index contributed by atoms with van der Waals surface area (Å²) in [4.78, 5) is 0. The summed E-state index contributed by atoms with van der Waals surface area (Å²) in [5.41, 5.74) is 3.59. The van der Waals surface area contributed by atoms with E-state index in [1.807, 2.05) is 24.3 Å². The zero-order valence-electron chi connectivity index (χ0n) is 12.4. The van der Waals surface area contributed by atoms with Crippen molar-refractivity contribution in [2.75, 3.05) is 13.0 Å². The predicted molar refractivity (Wildman–Crippen MR) is 90.8 cm³/mol. The predicted octanol–water partition coefficient (Wildman–Crippen LogP) is 5.30. The summed E-state index contributed by atoms with van der Waals surface area (Å²) in [6.07, 6.45) is 1.76. The summed E-state index contributed by atoms with van der Waals surface area (Å²) in [5, 5.41) is 0.809. The van der Waals surface area contributed by atoms with Crippen LogP contribution < -0.4 is 4.74 Å². The fourth-order valence-corrected chi connectivity index (χ4v) is 2.97. The second kappa shape index (κ2) is 7.72. The number of aryl methyl sites for hydroxylation is 1. The Hall–Kier alpha value is -1.18. The molecule has 2 aromatic carbocycles. The molecule has 112 valence electrons. The molecule has 1 nitrogen and oxygen atoms in total. The van der Waals surface area contributed by atoms with Gasteiger partial charge in [-0.05, 0) is 48.9 Å². The quantitative estimate of drug-likeness (QED) is 0.656. The first-order valence-corrected chi connectivity index (χ1v) is 7.98. The standard InChI is InChI=1S/C18H20Cl2O/c1-13-7-8-18(21-2)16(9-13)11-14(12-19)10-15-5-3-4-6-17(15)20/h3-9,14H,10-12H2,1-2H3. The van der Waals surface area contributed by atoms with E-state index in [9.17, 15) is 0 Å². The fraction of sp³-hybridized carbons (Fsp3) is 0.333. The first kappa shape index (κ1) is 16.2. The monoisotopic (exact) mass is 322 g/mol. The lowest BCUT2D eigenvalue weighted by Crippen LogP contribution is -2.11. The van der Waals surface area contributed by atoms with Crippen LogP contribution in [0.4, 0.5) is 0 Å². The molecule has 0 spiro atoms. The maximum absolute atomic E-state index is 6.24. The molecule has 2 rings (SSSR count). The molecule has 0 bridgehead atoms. The van der Waals surface area contributed by atoms with E-state index in [-0.39, 0.29) is 0 Å². The lowest BCUT2D eigenvalue weighted by molar-refractivity contribution is 0.405. The number of hydrogen-bond acceptors (Lipinski definition) is 1. The summed E-state index contributed by atoms with van der Waals surface area (Å²) in [6, 6.07) is 14.2. The number of ether oxygens (including phenoxy) is 1. The average molecular weight is 323 g/mol. The molecule has 0 aromatic heterocycles. The van der Waals surface area contributed by atoms with Crippen LogP contribution in [0.25, 0.3) is 0 Å². The van der Waals surface area contributed by atoms with Gasteiger partial charge in [0.2, 0.25) is 0 Å². The summed E-state index contributed by atoms with van der Waals surface area (Å²) in [7, 11) is 1.71. The van der Waals surface area contributed by atoms with E-state index in [4.69, 9.17) is 27.9 Å². The number of methoxy groups -OCH3 is 1. The Kier molecular flexibility index (Phi) is 5.96. The van der Waals surface area contributed by atoms with Gasteiger partial charge in [0.15, 0.2) is 0 Å². The lowest BCUT2D eigenvalue weighted by Gasteiger charge is -2.17. The first-order valence-electron chi connectivity index (χ1n) is 7.07. The van der Waals surface area contributed by atoms with Crippen LogP contribution in [0.15, 0.2) is 42.5 Å². The van der Waals surface area contributed by atoms with E-state index >= 15 is 0 Å². The number of hydrogen-bond donors (Lipinski definition) is 0. The topological polar surface area (TPSA) is 9.23 Å². The van der Waals surface area contributed by atoms with Crippen molar-refractivity contribution >= 4 is 23.2 Å². The van der Waals surface area contributed by atoms with Crippen LogP contribution in [0.2, 0.25) is 5.02 Å². The van der Waals surface area contributed by atoms with Gasteiger partial charge in [-0.25, -0.2) is 0 Å². The van der Waals surface area contributed by atoms with Crippen LogP contribution in [0.3, 0.4) is 0 Å². The Morgan fingerprint density at radius 3 is 2.43 bits per heavy atom. The van der Waals surface area contributed by atoms with E-state index in [0.717, 1.165) is 29.2 Å². The van der Waals surface area contributed by atoms with Crippen molar-refractivity contribution in [1.82, 2.24) is 0 Å². The van der Waals surface area contributed by atoms with Crippen molar-refractivity contribution < 1.29 is 4.74 Å². The molecule has 1 atom stereocenters. The van der Waals surface area contributed by atoms with Crippen LogP contribution in [0.5, 0.6) is 5.75 Å². The highest BCUT2D eigenvalue weighted by Gasteiger charge is 2.14. The maximum Gasteiger partial charge on any atom is 0.122 e. The Labute approximate surface area is 136 Å². The van der Waals surface area contributed by atoms with Crippen LogP contribution in [0.1, 0.15) is 16.7 Å². The normalized spacial score (nSPS) is 12.2. The minimum absolute atomic E-state index is 0.335. The molecule has 0 saturated carbocycles. The molecule has 0 aliphatic heterocycles. The molecule has 1 unspecified atom stereocenters. The molecule has 0 N–H and O–H groups in total. The van der Waals surface area contributed by atoms with E-state index in [1.165, 1.54) is 11.1 Å².